The van der Waals surface area contributed by atoms with Crippen LogP contribution < -0.4 is 0 Å². The summed E-state index contributed by atoms with van der Waals surface area (Å²) in [5.74, 6) is -1.70. The van der Waals surface area contributed by atoms with Crippen molar-refractivity contribution in [1.29, 1.82) is 5.26 Å². The average molecular weight is 582 g/mol. The fourth-order valence-corrected chi connectivity index (χ4v) is 6.35. The van der Waals surface area contributed by atoms with Crippen molar-refractivity contribution in [2.24, 2.45) is 0 Å². The zero-order valence-corrected chi connectivity index (χ0v) is 20.2. The fourth-order valence-electron chi connectivity index (χ4n) is 1.80. The Morgan fingerprint density at radius 2 is 1.11 bits per heavy atom. The zero-order chi connectivity index (χ0) is 22.0. The second-order valence-corrected chi connectivity index (χ2v) is 9.63. The van der Waals surface area contributed by atoms with Crippen LogP contribution in [0.3, 0.4) is 0 Å². The molecule has 0 aromatic carbocycles. The molecule has 0 aromatic rings. The van der Waals surface area contributed by atoms with Crippen molar-refractivity contribution in [3.05, 3.63) is 57.1 Å². The van der Waals surface area contributed by atoms with Crippen LogP contribution in [-0.2, 0) is 22.8 Å². The third-order valence-corrected chi connectivity index (χ3v) is 8.60. The van der Waals surface area contributed by atoms with Crippen molar-refractivity contribution in [2.45, 2.75) is 41.5 Å². The minimum absolute atomic E-state index is 0.0427. The number of ketones is 3. The summed E-state index contributed by atoms with van der Waals surface area (Å²) in [4.78, 5) is 40.8. The van der Waals surface area contributed by atoms with Gasteiger partial charge >= 0.3 is 173 Å². The van der Waals surface area contributed by atoms with Gasteiger partial charge in [-0.15, -0.1) is 0 Å². The summed E-state index contributed by atoms with van der Waals surface area (Å²) in [5, 5.41) is 9.09. The summed E-state index contributed by atoms with van der Waals surface area (Å²) < 4.78 is 16.7. The molecule has 147 valence electrons. The summed E-state index contributed by atoms with van der Waals surface area (Å²) in [7, 11) is 0. The molecule has 0 heterocycles. The zero-order valence-electron chi connectivity index (χ0n) is 16.3. The molecule has 0 spiro atoms. The normalized spacial score (nSPS) is 13.8. The quantitative estimate of drug-likeness (QED) is 0.135. The van der Waals surface area contributed by atoms with E-state index in [4.69, 9.17) is 26.8 Å². The van der Waals surface area contributed by atoms with Crippen molar-refractivity contribution < 1.29 is 22.8 Å². The van der Waals surface area contributed by atoms with Crippen molar-refractivity contribution in [1.82, 2.24) is 0 Å². The SMILES string of the molecule is [C-]#[N+]C(C(C)=O)=C(C)[O][BiH]([O]C(C)=C(C#N)C(C)=O)[O]C(C)=C([N+]#[C-])C(C)=O. The van der Waals surface area contributed by atoms with Gasteiger partial charge in [0.2, 0.25) is 0 Å². The number of nitrogens with zero attached hydrogens (tertiary/aromatic N) is 3. The number of hydrogen-bond donors (Lipinski definition) is 0. The van der Waals surface area contributed by atoms with Crippen molar-refractivity contribution >= 4 is 40.4 Å². The first-order valence-electron chi connectivity index (χ1n) is 7.71. The number of hydrogen-bond acceptors (Lipinski definition) is 7. The molecular weight excluding hydrogens is 563 g/mol. The monoisotopic (exact) mass is 582 g/mol. The van der Waals surface area contributed by atoms with E-state index in [9.17, 15) is 14.4 Å². The van der Waals surface area contributed by atoms with E-state index in [1.165, 1.54) is 41.5 Å². The first-order chi connectivity index (χ1) is 13.0. The molecule has 0 saturated carbocycles. The van der Waals surface area contributed by atoms with E-state index >= 15 is 0 Å². The molecule has 0 aromatic heterocycles. The van der Waals surface area contributed by atoms with Gasteiger partial charge in [0.05, 0.1) is 0 Å². The number of nitriles is 1. The maximum absolute atomic E-state index is 11.5. The molecule has 0 unspecified atom stereocenters. The predicted molar refractivity (Wildman–Crippen MR) is 99.4 cm³/mol. The van der Waals surface area contributed by atoms with Crippen molar-refractivity contribution in [3.63, 3.8) is 0 Å². The van der Waals surface area contributed by atoms with Gasteiger partial charge in [-0.25, -0.2) is 0 Å². The topological polar surface area (TPSA) is 111 Å². The molecular formula is C18H19BiN3O6. The Labute approximate surface area is 173 Å². The van der Waals surface area contributed by atoms with Gasteiger partial charge in [0.25, 0.3) is 0 Å². The summed E-state index contributed by atoms with van der Waals surface area (Å²) in [6.45, 7) is 21.8. The van der Waals surface area contributed by atoms with Gasteiger partial charge in [-0.2, -0.15) is 0 Å². The van der Waals surface area contributed by atoms with E-state index in [1.807, 2.05) is 0 Å². The van der Waals surface area contributed by atoms with Gasteiger partial charge in [0, 0.05) is 0 Å². The van der Waals surface area contributed by atoms with E-state index in [1.54, 1.807) is 6.07 Å². The molecule has 0 N–H and O–H groups in total. The van der Waals surface area contributed by atoms with Gasteiger partial charge in [0.15, 0.2) is 0 Å². The first-order valence-corrected chi connectivity index (χ1v) is 12.5. The van der Waals surface area contributed by atoms with Crippen LogP contribution in [0.15, 0.2) is 34.2 Å². The molecule has 0 aliphatic carbocycles. The maximum atomic E-state index is 11.5. The first kappa shape index (κ1) is 25.0. The van der Waals surface area contributed by atoms with Crippen LogP contribution in [0.25, 0.3) is 9.69 Å². The standard InChI is InChI=1S/3C6H7NO2.Bi.H/c2*1-4(8)6(7-3)5(2)9;1-4(8)6(3-7)5(2)9;;/h3*8H,1-2H3;;/q;;;+3;/p-3. The Bertz CT molecular complexity index is 790. The molecule has 0 fully saturated rings. The molecule has 0 aliphatic heterocycles. The van der Waals surface area contributed by atoms with Crippen LogP contribution in [0.1, 0.15) is 41.5 Å². The molecule has 0 rings (SSSR count). The minimum atomic E-state index is -4.18. The molecule has 0 bridgehead atoms. The van der Waals surface area contributed by atoms with Gasteiger partial charge < -0.3 is 0 Å². The molecule has 0 saturated heterocycles. The molecule has 9 nitrogen and oxygen atoms in total. The Hall–Kier alpha value is -3.02. The van der Waals surface area contributed by atoms with Crippen LogP contribution in [0, 0.1) is 24.5 Å². The third kappa shape index (κ3) is 7.31. The van der Waals surface area contributed by atoms with E-state index in [2.05, 4.69) is 9.69 Å². The number of carbonyl (C=O) groups is 3. The Morgan fingerprint density at radius 1 is 0.750 bits per heavy atom. The number of rotatable bonds is 9. The Balaban J connectivity index is 6.15. The Kier molecular flexibility index (Phi) is 10.4. The number of Topliss-reactive ketones (excluding diaryl/α,β-unsaturated/α-hetero) is 3. The predicted octanol–water partition coefficient (Wildman–Crippen LogP) is 2.62. The Morgan fingerprint density at radius 3 is 1.36 bits per heavy atom. The van der Waals surface area contributed by atoms with E-state index < -0.39 is 40.4 Å². The van der Waals surface area contributed by atoms with Crippen LogP contribution in [0.5, 0.6) is 0 Å². The second kappa shape index (κ2) is 11.6. The van der Waals surface area contributed by atoms with E-state index in [-0.39, 0.29) is 34.2 Å². The van der Waals surface area contributed by atoms with Gasteiger partial charge in [-0.1, -0.05) is 0 Å². The molecule has 0 amide bonds. The summed E-state index contributed by atoms with van der Waals surface area (Å²) in [6, 6.07) is 1.72. The van der Waals surface area contributed by atoms with Crippen LogP contribution in [-0.4, -0.2) is 40.4 Å². The molecule has 0 aliphatic rings. The van der Waals surface area contributed by atoms with Gasteiger partial charge in [0.1, 0.15) is 0 Å². The summed E-state index contributed by atoms with van der Waals surface area (Å²) in [5.41, 5.74) is -0.768. The van der Waals surface area contributed by atoms with Gasteiger partial charge in [-0.3, -0.25) is 0 Å². The number of allylic oxidation sites excluding steroid dienone is 6. The summed E-state index contributed by atoms with van der Waals surface area (Å²) >= 11 is -4.18. The number of carbonyl (C=O) groups excluding carboxylic acids is 3. The second-order valence-electron chi connectivity index (χ2n) is 5.30. The molecule has 10 heteroatoms. The van der Waals surface area contributed by atoms with Crippen LogP contribution in [0.4, 0.5) is 0 Å². The van der Waals surface area contributed by atoms with Crippen molar-refractivity contribution in [3.8, 4) is 6.07 Å². The van der Waals surface area contributed by atoms with Gasteiger partial charge in [-0.05, 0) is 0 Å². The molecule has 0 atom stereocenters. The van der Waals surface area contributed by atoms with E-state index in [0.29, 0.717) is 0 Å². The molecule has 1 radical (unpaired) electrons. The molecule has 28 heavy (non-hydrogen) atoms. The van der Waals surface area contributed by atoms with E-state index in [0.717, 1.165) is 0 Å². The van der Waals surface area contributed by atoms with Crippen LogP contribution >= 0.6 is 0 Å². The fraction of sp³-hybridized carbons (Fsp3) is 0.333. The average Bonchev–Trinajstić information content (AvgIpc) is 2.55. The third-order valence-electron chi connectivity index (χ3n) is 3.08. The van der Waals surface area contributed by atoms with Crippen molar-refractivity contribution in [2.75, 3.05) is 0 Å². The summed E-state index contributed by atoms with van der Waals surface area (Å²) in [6.07, 6.45) is 0. The van der Waals surface area contributed by atoms with Crippen LogP contribution in [0.2, 0.25) is 0 Å².